The molecule has 0 radical (unpaired) electrons. The van der Waals surface area contributed by atoms with Crippen LogP contribution in [-0.2, 0) is 4.74 Å². The van der Waals surface area contributed by atoms with Crippen LogP contribution >= 0.6 is 0 Å². The molecule has 0 saturated carbocycles. The molecular weight excluding hydrogens is 248 g/mol. The normalized spacial score (nSPS) is 24.7. The number of hydrogen-bond donors (Lipinski definition) is 1. The lowest BCUT2D eigenvalue weighted by Gasteiger charge is -2.37. The van der Waals surface area contributed by atoms with Gasteiger partial charge in [0, 0.05) is 24.8 Å². The summed E-state index contributed by atoms with van der Waals surface area (Å²) in [5.74, 6) is 0. The predicted molar refractivity (Wildman–Crippen MR) is 85.4 cm³/mol. The van der Waals surface area contributed by atoms with Crippen LogP contribution in [0.25, 0.3) is 0 Å². The van der Waals surface area contributed by atoms with E-state index in [2.05, 4.69) is 62.2 Å². The van der Waals surface area contributed by atoms with E-state index in [-0.39, 0.29) is 0 Å². The van der Waals surface area contributed by atoms with E-state index >= 15 is 0 Å². The lowest BCUT2D eigenvalue weighted by molar-refractivity contribution is -0.00521. The molecule has 112 valence electrons. The molecule has 1 fully saturated rings. The Kier molecular flexibility index (Phi) is 5.44. The minimum atomic E-state index is 0.309. The average molecular weight is 276 g/mol. The molecule has 1 N–H and O–H groups in total. The Hall–Kier alpha value is -1.06. The summed E-state index contributed by atoms with van der Waals surface area (Å²) < 4.78 is 5.80. The molecule has 0 aliphatic carbocycles. The van der Waals surface area contributed by atoms with Crippen LogP contribution in [-0.4, -0.2) is 31.8 Å². The third-order valence-corrected chi connectivity index (χ3v) is 3.94. The Morgan fingerprint density at radius 2 is 1.75 bits per heavy atom. The van der Waals surface area contributed by atoms with Crippen molar-refractivity contribution in [1.82, 2.24) is 5.32 Å². The van der Waals surface area contributed by atoms with Crippen molar-refractivity contribution in [3.63, 3.8) is 0 Å². The smallest absolute Gasteiger partial charge is 0.0726 e. The highest BCUT2D eigenvalue weighted by atomic mass is 16.5. The van der Waals surface area contributed by atoms with Crippen LogP contribution in [0, 0.1) is 0 Å². The highest BCUT2D eigenvalue weighted by Gasteiger charge is 2.22. The second-order valence-corrected chi connectivity index (χ2v) is 5.77. The molecule has 2 rings (SSSR count). The van der Waals surface area contributed by atoms with Gasteiger partial charge in [0.1, 0.15) is 0 Å². The zero-order valence-corrected chi connectivity index (χ0v) is 13.2. The number of hydrogen-bond acceptors (Lipinski definition) is 3. The minimum absolute atomic E-state index is 0.309. The maximum atomic E-state index is 5.80. The molecule has 1 aliphatic heterocycles. The molecule has 0 spiro atoms. The Morgan fingerprint density at radius 1 is 1.15 bits per heavy atom. The number of nitrogens with one attached hydrogen (secondary N) is 1. The summed E-state index contributed by atoms with van der Waals surface area (Å²) in [7, 11) is 0. The van der Waals surface area contributed by atoms with E-state index in [0.717, 1.165) is 26.1 Å². The highest BCUT2D eigenvalue weighted by Crippen LogP contribution is 2.24. The molecule has 20 heavy (non-hydrogen) atoms. The Labute approximate surface area is 123 Å². The van der Waals surface area contributed by atoms with Gasteiger partial charge in [-0.2, -0.15) is 0 Å². The molecule has 3 atom stereocenters. The first-order chi connectivity index (χ1) is 9.63. The van der Waals surface area contributed by atoms with Gasteiger partial charge in [0.15, 0.2) is 0 Å². The second-order valence-electron chi connectivity index (χ2n) is 5.77. The predicted octanol–water partition coefficient (Wildman–Crippen LogP) is 3.36. The van der Waals surface area contributed by atoms with Gasteiger partial charge in [-0.25, -0.2) is 0 Å². The van der Waals surface area contributed by atoms with E-state index in [1.54, 1.807) is 0 Å². The van der Waals surface area contributed by atoms with E-state index in [0.29, 0.717) is 18.2 Å². The zero-order valence-electron chi connectivity index (χ0n) is 13.2. The summed E-state index contributed by atoms with van der Waals surface area (Å²) in [5, 5.41) is 3.53. The van der Waals surface area contributed by atoms with Crippen molar-refractivity contribution in [2.24, 2.45) is 0 Å². The first-order valence-electron chi connectivity index (χ1n) is 7.87. The van der Waals surface area contributed by atoms with E-state index in [1.165, 1.54) is 11.3 Å². The lowest BCUT2D eigenvalue weighted by atomic mass is 10.0. The number of rotatable bonds is 5. The van der Waals surface area contributed by atoms with E-state index in [4.69, 9.17) is 4.74 Å². The van der Waals surface area contributed by atoms with Crippen LogP contribution in [0.4, 0.5) is 5.69 Å². The molecule has 1 aromatic rings. The Balaban J connectivity index is 2.07. The van der Waals surface area contributed by atoms with Gasteiger partial charge in [0.2, 0.25) is 0 Å². The van der Waals surface area contributed by atoms with Crippen molar-refractivity contribution in [1.29, 1.82) is 0 Å². The Morgan fingerprint density at radius 3 is 2.25 bits per heavy atom. The monoisotopic (exact) mass is 276 g/mol. The molecule has 3 heteroatoms. The maximum absolute atomic E-state index is 5.80. The first kappa shape index (κ1) is 15.3. The van der Waals surface area contributed by atoms with Crippen LogP contribution in [0.5, 0.6) is 0 Å². The fourth-order valence-electron chi connectivity index (χ4n) is 3.05. The fourth-order valence-corrected chi connectivity index (χ4v) is 3.05. The molecular formula is C17H28N2O. The minimum Gasteiger partial charge on any atom is -0.372 e. The van der Waals surface area contributed by atoms with Crippen LogP contribution in [0.1, 0.15) is 45.7 Å². The van der Waals surface area contributed by atoms with Crippen LogP contribution in [0.2, 0.25) is 0 Å². The second kappa shape index (κ2) is 7.09. The third-order valence-electron chi connectivity index (χ3n) is 3.94. The van der Waals surface area contributed by atoms with Gasteiger partial charge in [-0.15, -0.1) is 0 Å². The molecule has 1 aromatic carbocycles. The van der Waals surface area contributed by atoms with Gasteiger partial charge in [-0.1, -0.05) is 26.0 Å². The molecule has 0 amide bonds. The molecule has 0 aromatic heterocycles. The molecule has 0 bridgehead atoms. The molecule has 1 saturated heterocycles. The van der Waals surface area contributed by atoms with Gasteiger partial charge in [0.05, 0.1) is 12.2 Å². The van der Waals surface area contributed by atoms with E-state index in [9.17, 15) is 0 Å². The molecule has 3 nitrogen and oxygen atoms in total. The fraction of sp³-hybridized carbons (Fsp3) is 0.647. The highest BCUT2D eigenvalue weighted by molar-refractivity contribution is 5.48. The van der Waals surface area contributed by atoms with Crippen molar-refractivity contribution in [2.45, 2.75) is 52.4 Å². The Bertz CT molecular complexity index is 394. The topological polar surface area (TPSA) is 24.5 Å². The number of morpholine rings is 1. The summed E-state index contributed by atoms with van der Waals surface area (Å²) in [4.78, 5) is 2.43. The average Bonchev–Trinajstić information content (AvgIpc) is 2.44. The third kappa shape index (κ3) is 3.74. The summed E-state index contributed by atoms with van der Waals surface area (Å²) in [6.07, 6.45) is 1.74. The summed E-state index contributed by atoms with van der Waals surface area (Å²) >= 11 is 0. The van der Waals surface area contributed by atoms with Crippen molar-refractivity contribution in [3.05, 3.63) is 29.8 Å². The van der Waals surface area contributed by atoms with Crippen LogP contribution in [0.15, 0.2) is 24.3 Å². The van der Waals surface area contributed by atoms with Crippen LogP contribution in [0.3, 0.4) is 0 Å². The summed E-state index contributed by atoms with van der Waals surface area (Å²) in [6.45, 7) is 11.7. The maximum Gasteiger partial charge on any atom is 0.0726 e. The summed E-state index contributed by atoms with van der Waals surface area (Å²) in [6, 6.07) is 9.49. The van der Waals surface area contributed by atoms with Crippen molar-refractivity contribution in [3.8, 4) is 0 Å². The summed E-state index contributed by atoms with van der Waals surface area (Å²) in [5.41, 5.74) is 2.69. The molecule has 1 aliphatic rings. The number of benzene rings is 1. The quantitative estimate of drug-likeness (QED) is 0.892. The molecule has 1 unspecified atom stereocenters. The molecule has 1 heterocycles. The first-order valence-corrected chi connectivity index (χ1v) is 7.87. The van der Waals surface area contributed by atoms with E-state index in [1.807, 2.05) is 0 Å². The van der Waals surface area contributed by atoms with Gasteiger partial charge in [-0.3, -0.25) is 0 Å². The van der Waals surface area contributed by atoms with Crippen LogP contribution < -0.4 is 10.2 Å². The van der Waals surface area contributed by atoms with Crippen molar-refractivity contribution < 1.29 is 4.74 Å². The van der Waals surface area contributed by atoms with Gasteiger partial charge >= 0.3 is 0 Å². The zero-order chi connectivity index (χ0) is 14.5. The van der Waals surface area contributed by atoms with Crippen molar-refractivity contribution >= 4 is 5.69 Å². The SMILES string of the molecule is CCNC(CC)c1ccc(N2C[C@@H](C)O[C@@H](C)C2)cc1. The number of nitrogens with zero attached hydrogens (tertiary/aromatic N) is 1. The van der Waals surface area contributed by atoms with Gasteiger partial charge in [0.25, 0.3) is 0 Å². The van der Waals surface area contributed by atoms with Gasteiger partial charge < -0.3 is 15.0 Å². The van der Waals surface area contributed by atoms with Crippen molar-refractivity contribution in [2.75, 3.05) is 24.5 Å². The number of ether oxygens (including phenoxy) is 1. The lowest BCUT2D eigenvalue weighted by Crippen LogP contribution is -2.45. The van der Waals surface area contributed by atoms with Gasteiger partial charge in [-0.05, 0) is 44.5 Å². The standard InChI is InChI=1S/C17H28N2O/c1-5-17(18-6-2)15-7-9-16(10-8-15)19-11-13(3)20-14(4)12-19/h7-10,13-14,17-18H,5-6,11-12H2,1-4H3/t13-,14+,17?. The largest absolute Gasteiger partial charge is 0.372 e. The number of anilines is 1. The van der Waals surface area contributed by atoms with E-state index < -0.39 is 0 Å².